The number of carbonyl (C=O) groups is 2. The number of ether oxygens (including phenoxy) is 1. The zero-order valence-electron chi connectivity index (χ0n) is 16.4. The maximum atomic E-state index is 12.6. The van der Waals surface area contributed by atoms with E-state index < -0.39 is 17.1 Å². The second kappa shape index (κ2) is 8.17. The summed E-state index contributed by atoms with van der Waals surface area (Å²) in [6, 6.07) is 6.95. The summed E-state index contributed by atoms with van der Waals surface area (Å²) in [6.45, 7) is 5.56. The molecule has 0 spiro atoms. The van der Waals surface area contributed by atoms with Crippen LogP contribution in [0.15, 0.2) is 33.9 Å². The Labute approximate surface area is 165 Å². The Morgan fingerprint density at radius 1 is 1.14 bits per heavy atom. The van der Waals surface area contributed by atoms with Gasteiger partial charge in [0.15, 0.2) is 0 Å². The van der Waals surface area contributed by atoms with E-state index in [1.54, 1.807) is 45.0 Å². The van der Waals surface area contributed by atoms with Crippen molar-refractivity contribution in [3.8, 4) is 0 Å². The van der Waals surface area contributed by atoms with Gasteiger partial charge >= 0.3 is 17.1 Å². The number of hydrogen-bond acceptors (Lipinski definition) is 5. The van der Waals surface area contributed by atoms with Crippen molar-refractivity contribution in [2.24, 2.45) is 0 Å². The number of H-pyrrole nitrogens is 2. The van der Waals surface area contributed by atoms with Gasteiger partial charge in [-0.25, -0.2) is 4.79 Å². The predicted molar refractivity (Wildman–Crippen MR) is 107 cm³/mol. The van der Waals surface area contributed by atoms with E-state index in [0.29, 0.717) is 27.9 Å². The number of carbonyl (C=O) groups excluding carboxylic acids is 2. The monoisotopic (exact) mass is 398 g/mol. The highest BCUT2D eigenvalue weighted by Crippen LogP contribution is 2.18. The van der Waals surface area contributed by atoms with Gasteiger partial charge in [0.05, 0.1) is 23.2 Å². The summed E-state index contributed by atoms with van der Waals surface area (Å²) in [4.78, 5) is 54.2. The quantitative estimate of drug-likeness (QED) is 0.425. The number of nitrogens with zero attached hydrogens (tertiary/aromatic N) is 1. The molecule has 0 fully saturated rings. The zero-order chi connectivity index (χ0) is 21.1. The van der Waals surface area contributed by atoms with Crippen LogP contribution in [0.4, 0.5) is 0 Å². The van der Waals surface area contributed by atoms with Crippen molar-refractivity contribution in [3.05, 3.63) is 67.5 Å². The summed E-state index contributed by atoms with van der Waals surface area (Å²) in [5.41, 5.74) is 1.36. The van der Waals surface area contributed by atoms with Crippen LogP contribution in [0.1, 0.15) is 39.0 Å². The minimum absolute atomic E-state index is 0.127. The number of aromatic nitrogens is 3. The van der Waals surface area contributed by atoms with Crippen LogP contribution in [0.25, 0.3) is 11.0 Å². The van der Waals surface area contributed by atoms with E-state index in [4.69, 9.17) is 4.74 Å². The molecule has 0 radical (unpaired) electrons. The SMILES string of the molecule is CCOC(=O)c1[nH]c(C)c(C(=O)NCCn2c(=O)c(=O)[nH]c3ccccc32)c1C. The molecule has 9 nitrogen and oxygen atoms in total. The molecule has 0 aliphatic carbocycles. The van der Waals surface area contributed by atoms with Crippen LogP contribution in [0.5, 0.6) is 0 Å². The highest BCUT2D eigenvalue weighted by molar-refractivity contribution is 6.01. The molecular formula is C20H22N4O5. The van der Waals surface area contributed by atoms with Crippen molar-refractivity contribution < 1.29 is 14.3 Å². The van der Waals surface area contributed by atoms with Gasteiger partial charge in [0, 0.05) is 18.8 Å². The molecule has 3 aromatic rings. The summed E-state index contributed by atoms with van der Waals surface area (Å²) < 4.78 is 6.32. The fourth-order valence-corrected chi connectivity index (χ4v) is 3.31. The Hall–Kier alpha value is -3.62. The number of benzene rings is 1. The maximum Gasteiger partial charge on any atom is 0.355 e. The van der Waals surface area contributed by atoms with E-state index in [9.17, 15) is 19.2 Å². The Morgan fingerprint density at radius 2 is 1.86 bits per heavy atom. The molecule has 1 aromatic carbocycles. The second-order valence-corrected chi connectivity index (χ2v) is 6.53. The van der Waals surface area contributed by atoms with E-state index in [-0.39, 0.29) is 31.3 Å². The first kappa shape index (κ1) is 20.1. The maximum absolute atomic E-state index is 12.6. The molecule has 0 aliphatic rings. The molecule has 0 atom stereocenters. The largest absolute Gasteiger partial charge is 0.461 e. The van der Waals surface area contributed by atoms with E-state index in [2.05, 4.69) is 15.3 Å². The highest BCUT2D eigenvalue weighted by atomic mass is 16.5. The average Bonchev–Trinajstić information content (AvgIpc) is 2.99. The molecule has 0 aliphatic heterocycles. The van der Waals surface area contributed by atoms with Crippen molar-refractivity contribution in [1.29, 1.82) is 0 Å². The summed E-state index contributed by atoms with van der Waals surface area (Å²) >= 11 is 0. The average molecular weight is 398 g/mol. The van der Waals surface area contributed by atoms with Crippen LogP contribution < -0.4 is 16.4 Å². The van der Waals surface area contributed by atoms with Crippen LogP contribution >= 0.6 is 0 Å². The predicted octanol–water partition coefficient (Wildman–Crippen LogP) is 1.24. The number of hydrogen-bond donors (Lipinski definition) is 3. The second-order valence-electron chi connectivity index (χ2n) is 6.53. The topological polar surface area (TPSA) is 126 Å². The van der Waals surface area contributed by atoms with Gasteiger partial charge in [-0.3, -0.25) is 14.4 Å². The van der Waals surface area contributed by atoms with Crippen molar-refractivity contribution in [3.63, 3.8) is 0 Å². The zero-order valence-corrected chi connectivity index (χ0v) is 16.4. The number of fused-ring (bicyclic) bond motifs is 1. The van der Waals surface area contributed by atoms with E-state index in [1.165, 1.54) is 4.57 Å². The minimum atomic E-state index is -0.716. The summed E-state index contributed by atoms with van der Waals surface area (Å²) in [7, 11) is 0. The number of nitrogens with one attached hydrogen (secondary N) is 3. The Morgan fingerprint density at radius 3 is 2.59 bits per heavy atom. The first-order chi connectivity index (χ1) is 13.8. The molecule has 0 unspecified atom stereocenters. The molecule has 0 saturated carbocycles. The summed E-state index contributed by atoms with van der Waals surface area (Å²) in [5, 5.41) is 2.74. The summed E-state index contributed by atoms with van der Waals surface area (Å²) in [6.07, 6.45) is 0. The van der Waals surface area contributed by atoms with Crippen LogP contribution in [0.3, 0.4) is 0 Å². The lowest BCUT2D eigenvalue weighted by Gasteiger charge is -2.11. The number of amides is 1. The minimum Gasteiger partial charge on any atom is -0.461 e. The third-order valence-corrected chi connectivity index (χ3v) is 4.65. The van der Waals surface area contributed by atoms with Crippen LogP contribution in [0, 0.1) is 13.8 Å². The van der Waals surface area contributed by atoms with E-state index in [1.807, 2.05) is 0 Å². The molecule has 0 saturated heterocycles. The molecule has 9 heteroatoms. The van der Waals surface area contributed by atoms with Gasteiger partial charge in [0.25, 0.3) is 5.91 Å². The number of aryl methyl sites for hydroxylation is 1. The van der Waals surface area contributed by atoms with Gasteiger partial charge in [-0.2, -0.15) is 0 Å². The lowest BCUT2D eigenvalue weighted by molar-refractivity contribution is 0.0519. The molecule has 0 bridgehead atoms. The van der Waals surface area contributed by atoms with E-state index >= 15 is 0 Å². The third kappa shape index (κ3) is 3.84. The van der Waals surface area contributed by atoms with Crippen molar-refractivity contribution in [1.82, 2.24) is 19.9 Å². The first-order valence-corrected chi connectivity index (χ1v) is 9.21. The van der Waals surface area contributed by atoms with Crippen LogP contribution in [0.2, 0.25) is 0 Å². The molecule has 3 rings (SSSR count). The van der Waals surface area contributed by atoms with Crippen molar-refractivity contribution in [2.45, 2.75) is 27.3 Å². The Balaban J connectivity index is 1.79. The standard InChI is InChI=1S/C20H22N4O5/c1-4-29-20(28)16-11(2)15(12(3)22-16)17(25)21-9-10-24-14-8-6-5-7-13(14)23-18(26)19(24)27/h5-8,22H,4,9-10H2,1-3H3,(H,21,25)(H,23,26). The van der Waals surface area contributed by atoms with Crippen molar-refractivity contribution >= 4 is 22.9 Å². The number of aromatic amines is 2. The normalized spacial score (nSPS) is 10.9. The number of para-hydroxylation sites is 2. The molecule has 152 valence electrons. The molecular weight excluding hydrogens is 376 g/mol. The summed E-state index contributed by atoms with van der Waals surface area (Å²) in [5.74, 6) is -0.900. The van der Waals surface area contributed by atoms with Crippen molar-refractivity contribution in [2.75, 3.05) is 13.2 Å². The van der Waals surface area contributed by atoms with E-state index in [0.717, 1.165) is 0 Å². The fourth-order valence-electron chi connectivity index (χ4n) is 3.31. The smallest absolute Gasteiger partial charge is 0.355 e. The molecule has 3 N–H and O–H groups in total. The number of rotatable bonds is 6. The molecule has 2 aromatic heterocycles. The van der Waals surface area contributed by atoms with Gasteiger partial charge < -0.3 is 24.6 Å². The van der Waals surface area contributed by atoms with Gasteiger partial charge in [-0.1, -0.05) is 12.1 Å². The molecule has 2 heterocycles. The highest BCUT2D eigenvalue weighted by Gasteiger charge is 2.22. The Bertz CT molecular complexity index is 1200. The van der Waals surface area contributed by atoms with Crippen LogP contribution in [-0.4, -0.2) is 39.6 Å². The third-order valence-electron chi connectivity index (χ3n) is 4.65. The fraction of sp³-hybridized carbons (Fsp3) is 0.300. The van der Waals surface area contributed by atoms with Gasteiger partial charge in [0.2, 0.25) is 0 Å². The number of esters is 1. The molecule has 1 amide bonds. The lowest BCUT2D eigenvalue weighted by atomic mass is 10.1. The Kier molecular flexibility index (Phi) is 5.67. The van der Waals surface area contributed by atoms with Gasteiger partial charge in [-0.15, -0.1) is 0 Å². The van der Waals surface area contributed by atoms with Gasteiger partial charge in [0.1, 0.15) is 5.69 Å². The lowest BCUT2D eigenvalue weighted by Crippen LogP contribution is -2.39. The van der Waals surface area contributed by atoms with Gasteiger partial charge in [-0.05, 0) is 38.5 Å². The molecule has 29 heavy (non-hydrogen) atoms. The van der Waals surface area contributed by atoms with Crippen LogP contribution in [-0.2, 0) is 11.3 Å². The first-order valence-electron chi connectivity index (χ1n) is 9.21.